The summed E-state index contributed by atoms with van der Waals surface area (Å²) < 4.78 is 60.4. The van der Waals surface area contributed by atoms with Crippen molar-refractivity contribution >= 4 is 11.6 Å². The Balaban J connectivity index is 4.20. The van der Waals surface area contributed by atoms with E-state index in [-0.39, 0.29) is 6.42 Å². The lowest BCUT2D eigenvalue weighted by atomic mass is 10.0. The molecule has 0 amide bonds. The molecule has 0 aliphatic heterocycles. The second-order valence-electron chi connectivity index (χ2n) is 4.02. The molecule has 0 aromatic rings. The van der Waals surface area contributed by atoms with Crippen LogP contribution in [0.2, 0.25) is 0 Å². The molecule has 106 valence electrons. The predicted molar refractivity (Wildman–Crippen MR) is 54.4 cm³/mol. The number of hydrogen-bond acceptors (Lipinski definition) is 2. The minimum absolute atomic E-state index is 0.139. The van der Waals surface area contributed by atoms with Gasteiger partial charge < -0.3 is 0 Å². The third kappa shape index (κ3) is 5.10. The number of rotatable bonds is 8. The van der Waals surface area contributed by atoms with Gasteiger partial charge in [0.05, 0.1) is 6.42 Å². The highest BCUT2D eigenvalue weighted by atomic mass is 19.4. The van der Waals surface area contributed by atoms with Gasteiger partial charge in [0.15, 0.2) is 0 Å². The van der Waals surface area contributed by atoms with Crippen molar-refractivity contribution in [1.82, 2.24) is 0 Å². The van der Waals surface area contributed by atoms with Crippen LogP contribution in [-0.4, -0.2) is 23.7 Å². The minimum Gasteiger partial charge on any atom is -0.299 e. The van der Waals surface area contributed by atoms with Crippen LogP contribution in [-0.2, 0) is 9.59 Å². The molecule has 7 heteroatoms. The van der Waals surface area contributed by atoms with E-state index in [4.69, 9.17) is 0 Å². The van der Waals surface area contributed by atoms with Gasteiger partial charge in [-0.05, 0) is 6.42 Å². The van der Waals surface area contributed by atoms with Crippen molar-refractivity contribution in [2.24, 2.45) is 0 Å². The molecule has 0 fully saturated rings. The highest BCUT2D eigenvalue weighted by Crippen LogP contribution is 2.36. The summed E-state index contributed by atoms with van der Waals surface area (Å²) in [6, 6.07) is 0. The van der Waals surface area contributed by atoms with Crippen molar-refractivity contribution in [1.29, 1.82) is 0 Å². The molecule has 0 aliphatic carbocycles. The van der Waals surface area contributed by atoms with E-state index in [2.05, 4.69) is 0 Å². The smallest absolute Gasteiger partial charge is 0.299 e. The normalized spacial score (nSPS) is 12.6. The van der Waals surface area contributed by atoms with E-state index < -0.39 is 30.1 Å². The van der Waals surface area contributed by atoms with Crippen LogP contribution in [0.15, 0.2) is 0 Å². The Labute approximate surface area is 102 Å². The van der Waals surface area contributed by atoms with E-state index >= 15 is 0 Å². The second-order valence-corrected chi connectivity index (χ2v) is 4.02. The predicted octanol–water partition coefficient (Wildman–Crippen LogP) is 3.68. The van der Waals surface area contributed by atoms with Gasteiger partial charge in [-0.15, -0.1) is 0 Å². The van der Waals surface area contributed by atoms with Crippen LogP contribution in [0.25, 0.3) is 0 Å². The number of ketones is 2. The highest BCUT2D eigenvalue weighted by Gasteiger charge is 2.62. The maximum absolute atomic E-state index is 12.5. The second kappa shape index (κ2) is 6.80. The van der Waals surface area contributed by atoms with Crippen LogP contribution in [0.1, 0.15) is 45.4 Å². The summed E-state index contributed by atoms with van der Waals surface area (Å²) in [5.74, 6) is -8.69. The molecule has 0 unspecified atom stereocenters. The summed E-state index contributed by atoms with van der Waals surface area (Å²) >= 11 is 0. The number of alkyl halides is 5. The van der Waals surface area contributed by atoms with Crippen molar-refractivity contribution in [2.75, 3.05) is 0 Å². The van der Waals surface area contributed by atoms with E-state index in [9.17, 15) is 31.5 Å². The van der Waals surface area contributed by atoms with Crippen LogP contribution < -0.4 is 0 Å². The van der Waals surface area contributed by atoms with Gasteiger partial charge in [0, 0.05) is 6.42 Å². The van der Waals surface area contributed by atoms with Crippen LogP contribution in [0.3, 0.4) is 0 Å². The van der Waals surface area contributed by atoms with Crippen LogP contribution in [0.5, 0.6) is 0 Å². The number of hydrogen-bond donors (Lipinski definition) is 0. The van der Waals surface area contributed by atoms with Gasteiger partial charge in [0.25, 0.3) is 0 Å². The summed E-state index contributed by atoms with van der Waals surface area (Å²) in [4.78, 5) is 21.8. The summed E-state index contributed by atoms with van der Waals surface area (Å²) in [5.41, 5.74) is 0. The maximum atomic E-state index is 12.5. The van der Waals surface area contributed by atoms with Gasteiger partial charge in [-0.1, -0.05) is 26.2 Å². The lowest BCUT2D eigenvalue weighted by Crippen LogP contribution is -2.44. The molecule has 0 aromatic heterocycles. The fourth-order valence-corrected chi connectivity index (χ4v) is 1.29. The first-order chi connectivity index (χ1) is 8.13. The third-order valence-electron chi connectivity index (χ3n) is 2.37. The number of carbonyl (C=O) groups is 2. The summed E-state index contributed by atoms with van der Waals surface area (Å²) in [6.45, 7) is 1.93. The average molecular weight is 274 g/mol. The lowest BCUT2D eigenvalue weighted by Gasteiger charge is -2.17. The largest absolute Gasteiger partial charge is 0.461 e. The van der Waals surface area contributed by atoms with E-state index in [0.29, 0.717) is 12.8 Å². The highest BCUT2D eigenvalue weighted by molar-refractivity contribution is 6.02. The molecule has 0 atom stereocenters. The van der Waals surface area contributed by atoms with Crippen LogP contribution in [0.4, 0.5) is 22.0 Å². The number of Topliss-reactive ketones (excluding diaryl/α,β-unsaturated/α-hetero) is 2. The monoisotopic (exact) mass is 274 g/mol. The van der Waals surface area contributed by atoms with Crippen molar-refractivity contribution in [2.45, 2.75) is 57.5 Å². The number of unbranched alkanes of at least 4 members (excludes halogenated alkanes) is 3. The lowest BCUT2D eigenvalue weighted by molar-refractivity contribution is -0.268. The molecule has 0 aromatic carbocycles. The quantitative estimate of drug-likeness (QED) is 0.384. The van der Waals surface area contributed by atoms with Crippen molar-refractivity contribution in [3.63, 3.8) is 0 Å². The Kier molecular flexibility index (Phi) is 6.42. The van der Waals surface area contributed by atoms with Gasteiger partial charge in [-0.25, -0.2) is 0 Å². The van der Waals surface area contributed by atoms with E-state index in [1.54, 1.807) is 0 Å². The minimum atomic E-state index is -5.94. The molecule has 0 saturated carbocycles. The molecule has 2 nitrogen and oxygen atoms in total. The molecule has 0 N–H and O–H groups in total. The Bertz CT molecular complexity index is 296. The number of halogens is 5. The zero-order valence-corrected chi connectivity index (χ0v) is 9.95. The first-order valence-electron chi connectivity index (χ1n) is 5.62. The topological polar surface area (TPSA) is 34.1 Å². The standard InChI is InChI=1S/C11H15F5O2/c1-2-3-4-5-6-8(17)7-9(18)10(12,13)11(14,15)16/h2-7H2,1H3. The molecule has 18 heavy (non-hydrogen) atoms. The SMILES string of the molecule is CCCCCCC(=O)CC(=O)C(F)(F)C(F)(F)F. The van der Waals surface area contributed by atoms with Crippen molar-refractivity contribution in [3.8, 4) is 0 Å². The summed E-state index contributed by atoms with van der Waals surface area (Å²) in [6.07, 6.45) is -4.60. The summed E-state index contributed by atoms with van der Waals surface area (Å²) in [7, 11) is 0. The van der Waals surface area contributed by atoms with Gasteiger partial charge in [-0.3, -0.25) is 9.59 Å². The van der Waals surface area contributed by atoms with Gasteiger partial charge in [0.2, 0.25) is 5.78 Å². The van der Waals surface area contributed by atoms with Crippen molar-refractivity contribution in [3.05, 3.63) is 0 Å². The molecular weight excluding hydrogens is 259 g/mol. The van der Waals surface area contributed by atoms with E-state index in [1.165, 1.54) is 0 Å². The molecule has 0 aliphatic rings. The first-order valence-corrected chi connectivity index (χ1v) is 5.62. The van der Waals surface area contributed by atoms with Gasteiger partial charge in [-0.2, -0.15) is 22.0 Å². The van der Waals surface area contributed by atoms with Crippen molar-refractivity contribution < 1.29 is 31.5 Å². The van der Waals surface area contributed by atoms with E-state index in [0.717, 1.165) is 12.8 Å². The first kappa shape index (κ1) is 17.0. The Morgan fingerprint density at radius 3 is 1.94 bits per heavy atom. The summed E-state index contributed by atoms with van der Waals surface area (Å²) in [5, 5.41) is 0. The third-order valence-corrected chi connectivity index (χ3v) is 2.37. The van der Waals surface area contributed by atoms with Crippen LogP contribution in [0, 0.1) is 0 Å². The number of carbonyl (C=O) groups excluding carboxylic acids is 2. The fourth-order valence-electron chi connectivity index (χ4n) is 1.29. The van der Waals surface area contributed by atoms with Crippen LogP contribution >= 0.6 is 0 Å². The maximum Gasteiger partial charge on any atom is 0.461 e. The Hall–Kier alpha value is -1.01. The fraction of sp³-hybridized carbons (Fsp3) is 0.818. The molecule has 0 spiro atoms. The molecule has 0 saturated heterocycles. The van der Waals surface area contributed by atoms with Gasteiger partial charge >= 0.3 is 12.1 Å². The zero-order valence-electron chi connectivity index (χ0n) is 9.95. The van der Waals surface area contributed by atoms with E-state index in [1.807, 2.05) is 6.92 Å². The van der Waals surface area contributed by atoms with Gasteiger partial charge in [0.1, 0.15) is 5.78 Å². The molecular formula is C11H15F5O2. The Morgan fingerprint density at radius 2 is 1.50 bits per heavy atom. The molecule has 0 bridgehead atoms. The zero-order chi connectivity index (χ0) is 14.4. The molecule has 0 rings (SSSR count). The molecule has 0 heterocycles. The average Bonchev–Trinajstić information content (AvgIpc) is 2.22. The Morgan fingerprint density at radius 1 is 0.944 bits per heavy atom. The molecule has 0 radical (unpaired) electrons.